The highest BCUT2D eigenvalue weighted by Crippen LogP contribution is 2.45. The zero-order valence-corrected chi connectivity index (χ0v) is 15.4. The van der Waals surface area contributed by atoms with Gasteiger partial charge in [0, 0.05) is 20.2 Å². The molecule has 3 aliphatic rings. The maximum absolute atomic E-state index is 13.2. The minimum atomic E-state index is -0.267. The Labute approximate surface area is 147 Å². The Morgan fingerprint density at radius 2 is 1.61 bits per heavy atom. The number of hydrogen-bond donors (Lipinski definition) is 1. The van der Waals surface area contributed by atoms with Crippen LogP contribution in [-0.2, 0) is 9.53 Å². The van der Waals surface area contributed by atoms with Crippen LogP contribution in [0.2, 0.25) is 0 Å². The summed E-state index contributed by atoms with van der Waals surface area (Å²) < 4.78 is 5.43. The zero-order valence-electron chi connectivity index (χ0n) is 14.6. The van der Waals surface area contributed by atoms with Crippen LogP contribution in [0.3, 0.4) is 0 Å². The third-order valence-corrected chi connectivity index (χ3v) is 6.46. The predicted octanol–water partition coefficient (Wildman–Crippen LogP) is 3.00. The molecule has 5 heteroatoms. The monoisotopic (exact) mass is 344 g/mol. The number of methoxy groups -OCH3 is 1. The molecule has 4 nitrogen and oxygen atoms in total. The SMILES string of the molecule is COCC1(C(=O)N2CCC3(CCCCC3)CC2)CCNCC1.Cl. The molecule has 0 radical (unpaired) electrons. The van der Waals surface area contributed by atoms with Gasteiger partial charge in [-0.25, -0.2) is 0 Å². The van der Waals surface area contributed by atoms with Gasteiger partial charge in [-0.1, -0.05) is 19.3 Å². The second kappa shape index (κ2) is 8.17. The topological polar surface area (TPSA) is 41.6 Å². The molecule has 1 aliphatic carbocycles. The van der Waals surface area contributed by atoms with Gasteiger partial charge >= 0.3 is 0 Å². The molecule has 2 saturated heterocycles. The summed E-state index contributed by atoms with van der Waals surface area (Å²) in [4.78, 5) is 15.3. The highest BCUT2D eigenvalue weighted by molar-refractivity contribution is 5.85. The van der Waals surface area contributed by atoms with Crippen molar-refractivity contribution >= 4 is 18.3 Å². The van der Waals surface area contributed by atoms with Crippen molar-refractivity contribution in [1.82, 2.24) is 10.2 Å². The van der Waals surface area contributed by atoms with Crippen LogP contribution in [0, 0.1) is 10.8 Å². The quantitative estimate of drug-likeness (QED) is 0.855. The van der Waals surface area contributed by atoms with Crippen molar-refractivity contribution in [2.45, 2.75) is 57.8 Å². The number of hydrogen-bond acceptors (Lipinski definition) is 3. The Morgan fingerprint density at radius 1 is 1.00 bits per heavy atom. The van der Waals surface area contributed by atoms with E-state index in [0.717, 1.165) is 39.0 Å². The number of carbonyl (C=O) groups is 1. The Morgan fingerprint density at radius 3 is 2.17 bits per heavy atom. The average molecular weight is 345 g/mol. The first kappa shape index (κ1) is 19.0. The van der Waals surface area contributed by atoms with E-state index in [-0.39, 0.29) is 17.8 Å². The fraction of sp³-hybridized carbons (Fsp3) is 0.944. The van der Waals surface area contributed by atoms with Crippen molar-refractivity contribution in [3.05, 3.63) is 0 Å². The van der Waals surface area contributed by atoms with Crippen molar-refractivity contribution in [3.63, 3.8) is 0 Å². The van der Waals surface area contributed by atoms with E-state index in [1.807, 2.05) is 0 Å². The molecule has 1 spiro atoms. The van der Waals surface area contributed by atoms with Gasteiger partial charge in [0.2, 0.25) is 5.91 Å². The highest BCUT2D eigenvalue weighted by atomic mass is 35.5. The van der Waals surface area contributed by atoms with Crippen LogP contribution in [0.4, 0.5) is 0 Å². The van der Waals surface area contributed by atoms with Gasteiger partial charge in [0.05, 0.1) is 12.0 Å². The Kier molecular flexibility index (Phi) is 6.76. The molecule has 0 atom stereocenters. The molecular weight excluding hydrogens is 312 g/mol. The molecule has 134 valence electrons. The third kappa shape index (κ3) is 4.02. The van der Waals surface area contributed by atoms with Gasteiger partial charge in [0.25, 0.3) is 0 Å². The largest absolute Gasteiger partial charge is 0.384 e. The molecule has 2 heterocycles. The third-order valence-electron chi connectivity index (χ3n) is 6.46. The molecule has 1 saturated carbocycles. The summed E-state index contributed by atoms with van der Waals surface area (Å²) in [5.74, 6) is 0.363. The Bertz CT molecular complexity index is 375. The van der Waals surface area contributed by atoms with Crippen LogP contribution in [0.15, 0.2) is 0 Å². The predicted molar refractivity (Wildman–Crippen MR) is 95.0 cm³/mol. The van der Waals surface area contributed by atoms with Gasteiger partial charge in [0.15, 0.2) is 0 Å². The number of nitrogens with zero attached hydrogens (tertiary/aromatic N) is 1. The second-order valence-corrected chi connectivity index (χ2v) is 7.82. The van der Waals surface area contributed by atoms with Crippen LogP contribution in [0.5, 0.6) is 0 Å². The number of rotatable bonds is 3. The highest BCUT2D eigenvalue weighted by Gasteiger charge is 2.44. The summed E-state index contributed by atoms with van der Waals surface area (Å²) in [5.41, 5.74) is 0.300. The van der Waals surface area contributed by atoms with Gasteiger partial charge in [0.1, 0.15) is 0 Å². The first-order chi connectivity index (χ1) is 10.7. The molecule has 3 fully saturated rings. The van der Waals surface area contributed by atoms with Crippen molar-refractivity contribution in [2.24, 2.45) is 10.8 Å². The number of halogens is 1. The van der Waals surface area contributed by atoms with E-state index in [4.69, 9.17) is 4.74 Å². The van der Waals surface area contributed by atoms with E-state index >= 15 is 0 Å². The van der Waals surface area contributed by atoms with Crippen molar-refractivity contribution < 1.29 is 9.53 Å². The first-order valence-electron chi connectivity index (χ1n) is 9.19. The van der Waals surface area contributed by atoms with Crippen molar-refractivity contribution in [2.75, 3.05) is 39.9 Å². The molecule has 2 aliphatic heterocycles. The lowest BCUT2D eigenvalue weighted by Gasteiger charge is -2.47. The summed E-state index contributed by atoms with van der Waals surface area (Å²) in [6.07, 6.45) is 11.3. The minimum Gasteiger partial charge on any atom is -0.384 e. The Balaban J connectivity index is 0.00000192. The maximum Gasteiger partial charge on any atom is 0.231 e. The molecule has 0 aromatic carbocycles. The van der Waals surface area contributed by atoms with E-state index in [9.17, 15) is 4.79 Å². The fourth-order valence-corrected chi connectivity index (χ4v) is 4.92. The summed E-state index contributed by atoms with van der Waals surface area (Å²) in [7, 11) is 1.73. The van der Waals surface area contributed by atoms with Crippen molar-refractivity contribution in [1.29, 1.82) is 0 Å². The lowest BCUT2D eigenvalue weighted by molar-refractivity contribution is -0.150. The summed E-state index contributed by atoms with van der Waals surface area (Å²) >= 11 is 0. The molecule has 23 heavy (non-hydrogen) atoms. The van der Waals surface area contributed by atoms with Crippen LogP contribution >= 0.6 is 12.4 Å². The number of likely N-dealkylation sites (tertiary alicyclic amines) is 1. The number of amides is 1. The van der Waals surface area contributed by atoms with E-state index in [0.29, 0.717) is 17.9 Å². The number of carbonyl (C=O) groups excluding carboxylic acids is 1. The van der Waals surface area contributed by atoms with E-state index in [1.54, 1.807) is 7.11 Å². The normalized spacial score (nSPS) is 26.6. The summed E-state index contributed by atoms with van der Waals surface area (Å²) in [6.45, 7) is 4.39. The van der Waals surface area contributed by atoms with Crippen LogP contribution < -0.4 is 5.32 Å². The van der Waals surface area contributed by atoms with Gasteiger partial charge in [-0.05, 0) is 57.0 Å². The Hall–Kier alpha value is -0.320. The smallest absolute Gasteiger partial charge is 0.231 e. The fourth-order valence-electron chi connectivity index (χ4n) is 4.92. The number of piperidine rings is 2. The van der Waals surface area contributed by atoms with Gasteiger partial charge in [-0.3, -0.25) is 4.79 Å². The number of nitrogens with one attached hydrogen (secondary N) is 1. The van der Waals surface area contributed by atoms with E-state index in [2.05, 4.69) is 10.2 Å². The molecule has 0 aromatic heterocycles. The molecule has 0 bridgehead atoms. The van der Waals surface area contributed by atoms with Crippen LogP contribution in [0.1, 0.15) is 57.8 Å². The molecule has 1 N–H and O–H groups in total. The van der Waals surface area contributed by atoms with E-state index in [1.165, 1.54) is 44.9 Å². The van der Waals surface area contributed by atoms with Gasteiger partial charge in [-0.2, -0.15) is 0 Å². The second-order valence-electron chi connectivity index (χ2n) is 7.82. The average Bonchev–Trinajstić information content (AvgIpc) is 2.57. The lowest BCUT2D eigenvalue weighted by atomic mass is 9.67. The standard InChI is InChI=1S/C18H32N2O2.ClH/c1-22-15-18(7-11-19-12-8-18)16(21)20-13-9-17(10-14-20)5-3-2-4-6-17;/h19H,2-15H2,1H3;1H. The van der Waals surface area contributed by atoms with Crippen molar-refractivity contribution in [3.8, 4) is 0 Å². The summed E-state index contributed by atoms with van der Waals surface area (Å²) in [5, 5.41) is 3.38. The van der Waals surface area contributed by atoms with Crippen LogP contribution in [0.25, 0.3) is 0 Å². The van der Waals surface area contributed by atoms with Crippen LogP contribution in [-0.4, -0.2) is 50.7 Å². The maximum atomic E-state index is 13.2. The molecular formula is C18H33ClN2O2. The molecule has 0 aromatic rings. The molecule has 3 rings (SSSR count). The number of ether oxygens (including phenoxy) is 1. The zero-order chi connectivity index (χ0) is 15.5. The van der Waals surface area contributed by atoms with Gasteiger partial charge < -0.3 is 15.0 Å². The minimum absolute atomic E-state index is 0. The molecule has 1 amide bonds. The first-order valence-corrected chi connectivity index (χ1v) is 9.19. The summed E-state index contributed by atoms with van der Waals surface area (Å²) in [6, 6.07) is 0. The lowest BCUT2D eigenvalue weighted by Crippen LogP contribution is -2.54. The molecule has 0 unspecified atom stereocenters. The van der Waals surface area contributed by atoms with E-state index < -0.39 is 0 Å². The van der Waals surface area contributed by atoms with Gasteiger partial charge in [-0.15, -0.1) is 12.4 Å².